The molecule has 4 nitrogen and oxygen atoms in total. The normalized spacial score (nSPS) is 20.3. The van der Waals surface area contributed by atoms with Crippen molar-refractivity contribution in [2.45, 2.75) is 174 Å². The third kappa shape index (κ3) is 15.5. The van der Waals surface area contributed by atoms with E-state index in [-0.39, 0.29) is 6.61 Å². The molecule has 3 aromatic carbocycles. The molecule has 2 saturated carbocycles. The Bertz CT molecular complexity index is 1500. The van der Waals surface area contributed by atoms with Gasteiger partial charge in [-0.2, -0.15) is 0 Å². The van der Waals surface area contributed by atoms with Gasteiger partial charge in [0.25, 0.3) is 0 Å². The summed E-state index contributed by atoms with van der Waals surface area (Å²) in [5.74, 6) is 2.97. The number of carbonyl (C=O) groups excluding carboxylic acids is 2. The van der Waals surface area contributed by atoms with Crippen molar-refractivity contribution in [3.8, 4) is 0 Å². The number of hydrogen-bond donors (Lipinski definition) is 0. The zero-order valence-corrected chi connectivity index (χ0v) is 35.2. The molecule has 4 heteroatoms. The molecule has 56 heavy (non-hydrogen) atoms. The highest BCUT2D eigenvalue weighted by molar-refractivity contribution is 5.90. The van der Waals surface area contributed by atoms with Crippen LogP contribution < -0.4 is 0 Å². The van der Waals surface area contributed by atoms with Gasteiger partial charge in [-0.25, -0.2) is 9.59 Å². The molecule has 0 spiro atoms. The second-order valence-electron chi connectivity index (χ2n) is 17.6. The van der Waals surface area contributed by atoms with E-state index in [4.69, 9.17) is 9.47 Å². The lowest BCUT2D eigenvalue weighted by Crippen LogP contribution is -2.19. The largest absolute Gasteiger partial charge is 0.458 e. The molecular formula is C52H74O4. The maximum atomic E-state index is 13.3. The first-order chi connectivity index (χ1) is 27.5. The second-order valence-corrected chi connectivity index (χ2v) is 17.6. The molecule has 0 aliphatic heterocycles. The van der Waals surface area contributed by atoms with Crippen LogP contribution in [0.5, 0.6) is 0 Å². The molecule has 5 rings (SSSR count). The molecule has 0 radical (unpaired) electrons. The first-order valence-electron chi connectivity index (χ1n) is 23.1. The third-order valence-electron chi connectivity index (χ3n) is 13.2. The molecule has 0 amide bonds. The van der Waals surface area contributed by atoms with Crippen LogP contribution in [0.3, 0.4) is 0 Å². The first kappa shape index (κ1) is 43.7. The van der Waals surface area contributed by atoms with Gasteiger partial charge in [-0.3, -0.25) is 0 Å². The second kappa shape index (κ2) is 25.1. The number of ether oxygens (including phenoxy) is 2. The van der Waals surface area contributed by atoms with Crippen molar-refractivity contribution in [2.75, 3.05) is 6.61 Å². The van der Waals surface area contributed by atoms with E-state index in [1.165, 1.54) is 152 Å². The predicted molar refractivity (Wildman–Crippen MR) is 232 cm³/mol. The maximum Gasteiger partial charge on any atom is 0.338 e. The highest BCUT2D eigenvalue weighted by Gasteiger charge is 2.23. The Morgan fingerprint density at radius 1 is 0.500 bits per heavy atom. The summed E-state index contributed by atoms with van der Waals surface area (Å²) in [6, 6.07) is 25.2. The number of esters is 2. The molecule has 0 N–H and O–H groups in total. The molecule has 306 valence electrons. The van der Waals surface area contributed by atoms with Crippen LogP contribution in [0.2, 0.25) is 0 Å². The molecule has 1 atom stereocenters. The minimum atomic E-state index is -0.700. The molecule has 2 fully saturated rings. The molecule has 0 heterocycles. The van der Waals surface area contributed by atoms with Crippen molar-refractivity contribution in [1.82, 2.24) is 0 Å². The number of hydrogen-bond acceptors (Lipinski definition) is 4. The molecule has 0 unspecified atom stereocenters. The maximum absolute atomic E-state index is 13.3. The van der Waals surface area contributed by atoms with Gasteiger partial charge < -0.3 is 9.47 Å². The average molecular weight is 763 g/mol. The SMILES string of the molecule is CCCCC[C@H]1CC[C@H](CCCCc2ccc(C(=O)OC[C@H](OC(=O)c3ccc(CCCC[C@H]4CC[C@H](CCCCC)CC4)cc3)c3ccccc3)cc2)CC1. The zero-order chi connectivity index (χ0) is 39.2. The first-order valence-corrected chi connectivity index (χ1v) is 23.1. The Kier molecular flexibility index (Phi) is 19.6. The van der Waals surface area contributed by atoms with E-state index in [0.29, 0.717) is 11.1 Å². The van der Waals surface area contributed by atoms with Gasteiger partial charge in [0.2, 0.25) is 0 Å². The lowest BCUT2D eigenvalue weighted by Gasteiger charge is -2.28. The van der Waals surface area contributed by atoms with Crippen molar-refractivity contribution < 1.29 is 19.1 Å². The van der Waals surface area contributed by atoms with Crippen molar-refractivity contribution in [1.29, 1.82) is 0 Å². The summed E-state index contributed by atoms with van der Waals surface area (Å²) in [6.07, 6.45) is 31.6. The number of benzene rings is 3. The summed E-state index contributed by atoms with van der Waals surface area (Å²) >= 11 is 0. The van der Waals surface area contributed by atoms with Gasteiger partial charge in [0, 0.05) is 0 Å². The van der Waals surface area contributed by atoms with Crippen molar-refractivity contribution >= 4 is 11.9 Å². The van der Waals surface area contributed by atoms with E-state index in [0.717, 1.165) is 42.1 Å². The summed E-state index contributed by atoms with van der Waals surface area (Å²) in [7, 11) is 0. The van der Waals surface area contributed by atoms with Crippen LogP contribution in [-0.4, -0.2) is 18.5 Å². The minimum Gasteiger partial charge on any atom is -0.458 e. The fourth-order valence-corrected chi connectivity index (χ4v) is 9.42. The Hall–Kier alpha value is -3.40. The number of aryl methyl sites for hydroxylation is 2. The fraction of sp³-hybridized carbons (Fsp3) is 0.615. The van der Waals surface area contributed by atoms with Gasteiger partial charge in [-0.1, -0.05) is 197 Å². The Labute approximate surface area is 340 Å². The van der Waals surface area contributed by atoms with E-state index < -0.39 is 18.0 Å². The van der Waals surface area contributed by atoms with Crippen molar-refractivity contribution in [3.63, 3.8) is 0 Å². The van der Waals surface area contributed by atoms with Crippen LogP contribution in [0.15, 0.2) is 78.9 Å². The van der Waals surface area contributed by atoms with Crippen LogP contribution in [-0.2, 0) is 22.3 Å². The average Bonchev–Trinajstić information content (AvgIpc) is 3.24. The molecule has 0 bridgehead atoms. The summed E-state index contributed by atoms with van der Waals surface area (Å²) in [4.78, 5) is 26.4. The third-order valence-corrected chi connectivity index (χ3v) is 13.2. The van der Waals surface area contributed by atoms with Crippen LogP contribution in [0.4, 0.5) is 0 Å². The smallest absolute Gasteiger partial charge is 0.338 e. The monoisotopic (exact) mass is 763 g/mol. The highest BCUT2D eigenvalue weighted by Crippen LogP contribution is 2.36. The van der Waals surface area contributed by atoms with E-state index >= 15 is 0 Å². The van der Waals surface area contributed by atoms with Gasteiger partial charge in [0.15, 0.2) is 6.10 Å². The molecule has 2 aliphatic carbocycles. The standard InChI is InChI=1S/C52H74O4/c1-3-5-8-16-41-24-28-43(29-25-41)18-12-14-20-45-32-36-48(37-33-45)51(53)55-40-50(47-22-10-7-11-23-47)56-52(54)49-38-34-46(35-39-49)21-15-13-19-44-30-26-42(27-31-44)17-9-6-4-2/h7,10-11,22-23,32-39,41-44,50H,3-6,8-9,12-21,24-31,40H2,1-2H3/t41-,42-,43-,44-,50-/m0/s1. The van der Waals surface area contributed by atoms with Gasteiger partial charge >= 0.3 is 11.9 Å². The van der Waals surface area contributed by atoms with Crippen molar-refractivity contribution in [3.05, 3.63) is 107 Å². The van der Waals surface area contributed by atoms with E-state index in [9.17, 15) is 9.59 Å². The number of carbonyl (C=O) groups is 2. The zero-order valence-electron chi connectivity index (χ0n) is 35.2. The highest BCUT2D eigenvalue weighted by atomic mass is 16.6. The molecule has 0 aromatic heterocycles. The summed E-state index contributed by atoms with van der Waals surface area (Å²) in [5.41, 5.74) is 4.34. The number of rotatable bonds is 24. The van der Waals surface area contributed by atoms with Gasteiger partial charge in [0.1, 0.15) is 6.61 Å². The lowest BCUT2D eigenvalue weighted by atomic mass is 9.78. The van der Waals surface area contributed by atoms with Gasteiger partial charge in [-0.05, 0) is 90.3 Å². The lowest BCUT2D eigenvalue weighted by molar-refractivity contribution is -0.00133. The van der Waals surface area contributed by atoms with E-state index in [1.54, 1.807) is 0 Å². The predicted octanol–water partition coefficient (Wildman–Crippen LogP) is 14.6. The van der Waals surface area contributed by atoms with Gasteiger partial charge in [-0.15, -0.1) is 0 Å². The number of unbranched alkanes of at least 4 members (excludes halogenated alkanes) is 6. The van der Waals surface area contributed by atoms with Crippen LogP contribution in [0.1, 0.15) is 199 Å². The summed E-state index contributed by atoms with van der Waals surface area (Å²) in [6.45, 7) is 4.55. The fourth-order valence-electron chi connectivity index (χ4n) is 9.42. The van der Waals surface area contributed by atoms with Crippen LogP contribution in [0, 0.1) is 23.7 Å². The Morgan fingerprint density at radius 3 is 1.30 bits per heavy atom. The molecule has 3 aromatic rings. The van der Waals surface area contributed by atoms with Crippen LogP contribution in [0.25, 0.3) is 0 Å². The summed E-state index contributed by atoms with van der Waals surface area (Å²) in [5, 5.41) is 0. The van der Waals surface area contributed by atoms with Crippen molar-refractivity contribution in [2.24, 2.45) is 23.7 Å². The molecular weight excluding hydrogens is 689 g/mol. The van der Waals surface area contributed by atoms with Gasteiger partial charge in [0.05, 0.1) is 11.1 Å². The Morgan fingerprint density at radius 2 is 0.893 bits per heavy atom. The quantitative estimate of drug-likeness (QED) is 0.0674. The topological polar surface area (TPSA) is 52.6 Å². The molecule has 0 saturated heterocycles. The van der Waals surface area contributed by atoms with E-state index in [1.807, 2.05) is 54.6 Å². The van der Waals surface area contributed by atoms with E-state index in [2.05, 4.69) is 38.1 Å². The minimum absolute atomic E-state index is 0.0460. The molecule has 2 aliphatic rings. The Balaban J connectivity index is 0.997. The summed E-state index contributed by atoms with van der Waals surface area (Å²) < 4.78 is 11.7. The van der Waals surface area contributed by atoms with Crippen LogP contribution >= 0.6 is 0 Å².